The molecular weight excluding hydrogens is 264 g/mol. The third-order valence-electron chi connectivity index (χ3n) is 4.15. The third-order valence-corrected chi connectivity index (χ3v) is 4.15. The number of hydrogen-bond donors (Lipinski definition) is 0. The minimum Gasteiger partial charge on any atom is -0.410 e. The first kappa shape index (κ1) is 14.0. The lowest BCUT2D eigenvalue weighted by molar-refractivity contribution is 0.162. The predicted octanol–water partition coefficient (Wildman–Crippen LogP) is 2.27. The molecule has 0 N–H and O–H groups in total. The Balaban J connectivity index is 1.69. The van der Waals surface area contributed by atoms with E-state index >= 15 is 0 Å². The molecule has 1 amide bonds. The Kier molecular flexibility index (Phi) is 4.12. The highest BCUT2D eigenvalue weighted by molar-refractivity contribution is 5.71. The van der Waals surface area contributed by atoms with Crippen LogP contribution in [0.3, 0.4) is 0 Å². The van der Waals surface area contributed by atoms with Crippen LogP contribution in [0.1, 0.15) is 24.0 Å². The highest BCUT2D eigenvalue weighted by atomic mass is 16.6. The molecule has 1 saturated heterocycles. The van der Waals surface area contributed by atoms with Gasteiger partial charge in [0.25, 0.3) is 0 Å². The van der Waals surface area contributed by atoms with Crippen molar-refractivity contribution in [3.63, 3.8) is 0 Å². The minimum absolute atomic E-state index is 0.233. The van der Waals surface area contributed by atoms with Gasteiger partial charge in [-0.25, -0.2) is 4.79 Å². The van der Waals surface area contributed by atoms with E-state index in [2.05, 4.69) is 16.9 Å². The molecule has 2 aliphatic heterocycles. The van der Waals surface area contributed by atoms with E-state index in [0.29, 0.717) is 12.3 Å². The fourth-order valence-electron chi connectivity index (χ4n) is 2.98. The Bertz CT molecular complexity index is 571. The Hall–Kier alpha value is -1.99. The summed E-state index contributed by atoms with van der Waals surface area (Å²) >= 11 is 0. The van der Waals surface area contributed by atoms with Gasteiger partial charge in [-0.15, -0.1) is 6.42 Å². The number of likely N-dealkylation sites (tertiary alicyclic amines) is 1. The van der Waals surface area contributed by atoms with Crippen molar-refractivity contribution in [2.45, 2.75) is 25.8 Å². The number of nitrogens with zero attached hydrogens (tertiary/aromatic N) is 2. The second-order valence-electron chi connectivity index (χ2n) is 5.66. The fourth-order valence-corrected chi connectivity index (χ4v) is 2.98. The van der Waals surface area contributed by atoms with Crippen LogP contribution < -0.4 is 4.74 Å². The van der Waals surface area contributed by atoms with Gasteiger partial charge in [-0.2, -0.15) is 0 Å². The van der Waals surface area contributed by atoms with Crippen molar-refractivity contribution in [1.29, 1.82) is 0 Å². The van der Waals surface area contributed by atoms with Gasteiger partial charge < -0.3 is 9.64 Å². The Morgan fingerprint density at radius 2 is 2.05 bits per heavy atom. The van der Waals surface area contributed by atoms with E-state index in [-0.39, 0.29) is 6.09 Å². The molecular formula is C17H20N2O2. The van der Waals surface area contributed by atoms with Crippen LogP contribution in [-0.2, 0) is 13.0 Å². The molecule has 1 aromatic rings. The number of terminal acetylenes is 1. The Morgan fingerprint density at radius 3 is 2.81 bits per heavy atom. The fraction of sp³-hybridized carbons (Fsp3) is 0.471. The van der Waals surface area contributed by atoms with Crippen LogP contribution in [0, 0.1) is 12.3 Å². The zero-order valence-electron chi connectivity index (χ0n) is 12.2. The van der Waals surface area contributed by atoms with Crippen LogP contribution in [-0.4, -0.2) is 42.1 Å². The average molecular weight is 284 g/mol. The molecule has 21 heavy (non-hydrogen) atoms. The van der Waals surface area contributed by atoms with Crippen LogP contribution in [0.2, 0.25) is 0 Å². The van der Waals surface area contributed by atoms with Gasteiger partial charge in [0.15, 0.2) is 0 Å². The maximum atomic E-state index is 12.0. The lowest BCUT2D eigenvalue weighted by Gasteiger charge is -2.27. The van der Waals surface area contributed by atoms with Gasteiger partial charge >= 0.3 is 6.09 Å². The monoisotopic (exact) mass is 284 g/mol. The van der Waals surface area contributed by atoms with E-state index < -0.39 is 0 Å². The van der Waals surface area contributed by atoms with Crippen LogP contribution in [0.5, 0.6) is 5.75 Å². The molecule has 1 fully saturated rings. The third kappa shape index (κ3) is 3.20. The SMILES string of the molecule is C#CCN1CCc2ccc(OC(=O)N3CCCC3)cc2C1. The van der Waals surface area contributed by atoms with Crippen molar-refractivity contribution in [2.75, 3.05) is 26.2 Å². The second kappa shape index (κ2) is 6.19. The van der Waals surface area contributed by atoms with Crippen molar-refractivity contribution in [2.24, 2.45) is 0 Å². The zero-order chi connectivity index (χ0) is 14.7. The number of fused-ring (bicyclic) bond motifs is 1. The molecule has 0 atom stereocenters. The molecule has 3 rings (SSSR count). The molecule has 110 valence electrons. The lowest BCUT2D eigenvalue weighted by atomic mass is 9.99. The van der Waals surface area contributed by atoms with Gasteiger partial charge in [0.05, 0.1) is 6.54 Å². The summed E-state index contributed by atoms with van der Waals surface area (Å²) in [6.45, 7) is 4.09. The number of carbonyl (C=O) groups is 1. The van der Waals surface area contributed by atoms with Crippen molar-refractivity contribution in [3.8, 4) is 18.1 Å². The molecule has 0 saturated carbocycles. The van der Waals surface area contributed by atoms with Crippen molar-refractivity contribution in [3.05, 3.63) is 29.3 Å². The van der Waals surface area contributed by atoms with Gasteiger partial charge in [0.1, 0.15) is 5.75 Å². The Labute approximate surface area is 125 Å². The van der Waals surface area contributed by atoms with Gasteiger partial charge in [0, 0.05) is 26.2 Å². The first-order valence-corrected chi connectivity index (χ1v) is 7.50. The van der Waals surface area contributed by atoms with E-state index in [9.17, 15) is 4.79 Å². The second-order valence-corrected chi connectivity index (χ2v) is 5.66. The largest absolute Gasteiger partial charge is 0.415 e. The highest BCUT2D eigenvalue weighted by Crippen LogP contribution is 2.24. The highest BCUT2D eigenvalue weighted by Gasteiger charge is 2.21. The zero-order valence-corrected chi connectivity index (χ0v) is 12.2. The summed E-state index contributed by atoms with van der Waals surface area (Å²) in [5, 5.41) is 0. The maximum absolute atomic E-state index is 12.0. The molecule has 0 spiro atoms. The number of carbonyl (C=O) groups excluding carboxylic acids is 1. The summed E-state index contributed by atoms with van der Waals surface area (Å²) in [4.78, 5) is 16.0. The summed E-state index contributed by atoms with van der Waals surface area (Å²) in [6.07, 6.45) is 8.28. The molecule has 2 heterocycles. The number of hydrogen-bond acceptors (Lipinski definition) is 3. The van der Waals surface area contributed by atoms with E-state index in [1.165, 1.54) is 11.1 Å². The van der Waals surface area contributed by atoms with E-state index in [1.807, 2.05) is 12.1 Å². The average Bonchev–Trinajstić information content (AvgIpc) is 3.01. The quantitative estimate of drug-likeness (QED) is 0.781. The van der Waals surface area contributed by atoms with Crippen molar-refractivity contribution < 1.29 is 9.53 Å². The first-order valence-electron chi connectivity index (χ1n) is 7.50. The lowest BCUT2D eigenvalue weighted by Crippen LogP contribution is -2.32. The van der Waals surface area contributed by atoms with Gasteiger partial charge in [-0.05, 0) is 42.5 Å². The normalized spacial score (nSPS) is 18.1. The summed E-state index contributed by atoms with van der Waals surface area (Å²) < 4.78 is 5.49. The van der Waals surface area contributed by atoms with Crippen LogP contribution in [0.25, 0.3) is 0 Å². The number of benzene rings is 1. The molecule has 2 aliphatic rings. The summed E-state index contributed by atoms with van der Waals surface area (Å²) in [5.41, 5.74) is 2.53. The van der Waals surface area contributed by atoms with Crippen LogP contribution in [0.15, 0.2) is 18.2 Å². The molecule has 0 aromatic heterocycles. The molecule has 1 aromatic carbocycles. The minimum atomic E-state index is -0.233. The topological polar surface area (TPSA) is 32.8 Å². The summed E-state index contributed by atoms with van der Waals surface area (Å²) in [6, 6.07) is 5.94. The van der Waals surface area contributed by atoms with Gasteiger partial charge in [0.2, 0.25) is 0 Å². The molecule has 4 nitrogen and oxygen atoms in total. The number of amides is 1. The molecule has 0 bridgehead atoms. The van der Waals surface area contributed by atoms with E-state index in [1.54, 1.807) is 4.90 Å². The summed E-state index contributed by atoms with van der Waals surface area (Å²) in [7, 11) is 0. The molecule has 4 heteroatoms. The number of ether oxygens (including phenoxy) is 1. The Morgan fingerprint density at radius 1 is 1.24 bits per heavy atom. The van der Waals surface area contributed by atoms with Crippen molar-refractivity contribution in [1.82, 2.24) is 9.80 Å². The standard InChI is InChI=1S/C17H20N2O2/c1-2-8-18-11-7-14-5-6-16(12-15(14)13-18)21-17(20)19-9-3-4-10-19/h1,5-6,12H,3-4,7-11,13H2. The first-order chi connectivity index (χ1) is 10.3. The van der Waals surface area contributed by atoms with Crippen LogP contribution in [0.4, 0.5) is 4.79 Å². The summed E-state index contributed by atoms with van der Waals surface area (Å²) in [5.74, 6) is 3.32. The van der Waals surface area contributed by atoms with Crippen molar-refractivity contribution >= 4 is 6.09 Å². The molecule has 0 radical (unpaired) electrons. The van der Waals surface area contributed by atoms with Crippen LogP contribution >= 0.6 is 0 Å². The van der Waals surface area contributed by atoms with Gasteiger partial charge in [-0.1, -0.05) is 12.0 Å². The van der Waals surface area contributed by atoms with Gasteiger partial charge in [-0.3, -0.25) is 4.90 Å². The predicted molar refractivity (Wildman–Crippen MR) is 81.1 cm³/mol. The molecule has 0 aliphatic carbocycles. The van der Waals surface area contributed by atoms with E-state index in [4.69, 9.17) is 11.2 Å². The molecule has 0 unspecified atom stereocenters. The van der Waals surface area contributed by atoms with E-state index in [0.717, 1.165) is 45.4 Å². The number of rotatable bonds is 2. The maximum Gasteiger partial charge on any atom is 0.415 e. The smallest absolute Gasteiger partial charge is 0.410 e.